The minimum atomic E-state index is 0.102. The Morgan fingerprint density at radius 1 is 1.17 bits per heavy atom. The quantitative estimate of drug-likeness (QED) is 0.867. The molecule has 0 aliphatic carbocycles. The zero-order valence-corrected chi connectivity index (χ0v) is 14.2. The van der Waals surface area contributed by atoms with Crippen molar-refractivity contribution in [1.82, 2.24) is 15.1 Å². The number of likely N-dealkylation sites (tertiary alicyclic amines) is 1. The Kier molecular flexibility index (Phi) is 5.08. The van der Waals surface area contributed by atoms with Crippen LogP contribution in [-0.4, -0.2) is 40.2 Å². The Bertz CT molecular complexity index is 692. The molecule has 0 bridgehead atoms. The summed E-state index contributed by atoms with van der Waals surface area (Å²) in [6.45, 7) is 5.41. The van der Waals surface area contributed by atoms with Gasteiger partial charge in [-0.3, -0.25) is 4.79 Å². The van der Waals surface area contributed by atoms with Crippen LogP contribution in [0.2, 0.25) is 0 Å². The Hall–Kier alpha value is -2.43. The van der Waals surface area contributed by atoms with E-state index in [1.165, 1.54) is 5.56 Å². The molecule has 1 amide bonds. The largest absolute Gasteiger partial charge is 0.473 e. The summed E-state index contributed by atoms with van der Waals surface area (Å²) in [4.78, 5) is 14.4. The maximum atomic E-state index is 12.4. The van der Waals surface area contributed by atoms with Gasteiger partial charge in [0.05, 0.1) is 12.1 Å². The third-order valence-corrected chi connectivity index (χ3v) is 4.29. The van der Waals surface area contributed by atoms with E-state index in [0.717, 1.165) is 37.2 Å². The van der Waals surface area contributed by atoms with Crippen molar-refractivity contribution < 1.29 is 9.53 Å². The fourth-order valence-electron chi connectivity index (χ4n) is 2.95. The average Bonchev–Trinajstić information content (AvgIpc) is 2.57. The van der Waals surface area contributed by atoms with Crippen molar-refractivity contribution in [2.75, 3.05) is 13.1 Å². The van der Waals surface area contributed by atoms with Gasteiger partial charge in [0.2, 0.25) is 11.8 Å². The van der Waals surface area contributed by atoms with Crippen LogP contribution in [0.3, 0.4) is 0 Å². The summed E-state index contributed by atoms with van der Waals surface area (Å²) >= 11 is 0. The Morgan fingerprint density at radius 3 is 2.62 bits per heavy atom. The molecule has 5 heteroatoms. The van der Waals surface area contributed by atoms with E-state index in [-0.39, 0.29) is 12.0 Å². The van der Waals surface area contributed by atoms with E-state index in [0.29, 0.717) is 12.3 Å². The lowest BCUT2D eigenvalue weighted by Gasteiger charge is -2.32. The van der Waals surface area contributed by atoms with Crippen molar-refractivity contribution in [3.8, 4) is 5.88 Å². The number of carbonyl (C=O) groups is 1. The Morgan fingerprint density at radius 2 is 1.96 bits per heavy atom. The second-order valence-corrected chi connectivity index (χ2v) is 6.38. The number of nitrogens with zero attached hydrogens (tertiary/aromatic N) is 3. The standard InChI is InChI=1S/C19H23N3O2/c1-14-4-3-5-16(12-14)13-19(23)22-10-8-17(9-11-22)24-18-7-6-15(2)20-21-18/h3-7,12,17H,8-11,13H2,1-2H3. The van der Waals surface area contributed by atoms with Crippen LogP contribution in [0.15, 0.2) is 36.4 Å². The number of aromatic nitrogens is 2. The van der Waals surface area contributed by atoms with Gasteiger partial charge in [-0.1, -0.05) is 29.8 Å². The van der Waals surface area contributed by atoms with E-state index >= 15 is 0 Å². The lowest BCUT2D eigenvalue weighted by molar-refractivity contribution is -0.132. The zero-order valence-electron chi connectivity index (χ0n) is 14.2. The van der Waals surface area contributed by atoms with Gasteiger partial charge >= 0.3 is 0 Å². The second kappa shape index (κ2) is 7.43. The van der Waals surface area contributed by atoms with Crippen LogP contribution in [0.1, 0.15) is 29.7 Å². The van der Waals surface area contributed by atoms with Crippen LogP contribution < -0.4 is 4.74 Å². The first kappa shape index (κ1) is 16.4. The van der Waals surface area contributed by atoms with Crippen molar-refractivity contribution in [2.45, 2.75) is 39.2 Å². The molecule has 0 unspecified atom stereocenters. The molecular weight excluding hydrogens is 302 g/mol. The van der Waals surface area contributed by atoms with Crippen LogP contribution in [0.4, 0.5) is 0 Å². The molecule has 5 nitrogen and oxygen atoms in total. The van der Waals surface area contributed by atoms with E-state index in [4.69, 9.17) is 4.74 Å². The summed E-state index contributed by atoms with van der Waals surface area (Å²) < 4.78 is 5.86. The summed E-state index contributed by atoms with van der Waals surface area (Å²) in [5.41, 5.74) is 3.14. The summed E-state index contributed by atoms with van der Waals surface area (Å²) in [5.74, 6) is 0.749. The van der Waals surface area contributed by atoms with E-state index in [9.17, 15) is 4.79 Å². The Balaban J connectivity index is 1.49. The molecule has 1 aromatic carbocycles. The molecule has 0 N–H and O–H groups in total. The number of aryl methyl sites for hydroxylation is 2. The van der Waals surface area contributed by atoms with Gasteiger partial charge in [0.15, 0.2) is 0 Å². The van der Waals surface area contributed by atoms with Gasteiger partial charge in [-0.15, -0.1) is 5.10 Å². The number of carbonyl (C=O) groups excluding carboxylic acids is 1. The van der Waals surface area contributed by atoms with Gasteiger partial charge in [-0.25, -0.2) is 0 Å². The molecule has 1 fully saturated rings. The minimum Gasteiger partial charge on any atom is -0.473 e. The van der Waals surface area contributed by atoms with E-state index in [1.54, 1.807) is 0 Å². The molecule has 1 aromatic heterocycles. The molecule has 0 saturated carbocycles. The second-order valence-electron chi connectivity index (χ2n) is 6.38. The van der Waals surface area contributed by atoms with Gasteiger partial charge in [-0.2, -0.15) is 5.10 Å². The Labute approximate surface area is 142 Å². The summed E-state index contributed by atoms with van der Waals surface area (Å²) in [6.07, 6.45) is 2.23. The third-order valence-electron chi connectivity index (χ3n) is 4.29. The van der Waals surface area contributed by atoms with Crippen LogP contribution >= 0.6 is 0 Å². The van der Waals surface area contributed by atoms with Crippen molar-refractivity contribution in [2.24, 2.45) is 0 Å². The average molecular weight is 325 g/mol. The molecule has 3 rings (SSSR count). The zero-order chi connectivity index (χ0) is 16.9. The van der Waals surface area contributed by atoms with Gasteiger partial charge in [0, 0.05) is 32.0 Å². The lowest BCUT2D eigenvalue weighted by atomic mass is 10.0. The maximum Gasteiger partial charge on any atom is 0.233 e. The molecule has 0 radical (unpaired) electrons. The van der Waals surface area contributed by atoms with E-state index < -0.39 is 0 Å². The molecule has 2 aromatic rings. The number of hydrogen-bond acceptors (Lipinski definition) is 4. The molecule has 0 atom stereocenters. The smallest absolute Gasteiger partial charge is 0.233 e. The van der Waals surface area contributed by atoms with Crippen LogP contribution in [-0.2, 0) is 11.2 Å². The molecule has 1 saturated heterocycles. The van der Waals surface area contributed by atoms with Crippen molar-refractivity contribution in [1.29, 1.82) is 0 Å². The first-order chi connectivity index (χ1) is 11.6. The van der Waals surface area contributed by atoms with Crippen molar-refractivity contribution in [3.63, 3.8) is 0 Å². The number of piperidine rings is 1. The molecule has 0 spiro atoms. The minimum absolute atomic E-state index is 0.102. The molecule has 24 heavy (non-hydrogen) atoms. The maximum absolute atomic E-state index is 12.4. The summed E-state index contributed by atoms with van der Waals surface area (Å²) in [7, 11) is 0. The molecule has 1 aliphatic rings. The molecule has 2 heterocycles. The topological polar surface area (TPSA) is 55.3 Å². The highest BCUT2D eigenvalue weighted by Crippen LogP contribution is 2.18. The highest BCUT2D eigenvalue weighted by atomic mass is 16.5. The fraction of sp³-hybridized carbons (Fsp3) is 0.421. The molecular formula is C19H23N3O2. The highest BCUT2D eigenvalue weighted by Gasteiger charge is 2.24. The van der Waals surface area contributed by atoms with Gasteiger partial charge in [0.25, 0.3) is 0 Å². The van der Waals surface area contributed by atoms with Crippen molar-refractivity contribution in [3.05, 3.63) is 53.2 Å². The van der Waals surface area contributed by atoms with Crippen LogP contribution in [0.5, 0.6) is 5.88 Å². The van der Waals surface area contributed by atoms with Gasteiger partial charge in [0.1, 0.15) is 6.10 Å². The van der Waals surface area contributed by atoms with Crippen molar-refractivity contribution >= 4 is 5.91 Å². The first-order valence-electron chi connectivity index (χ1n) is 8.40. The fourth-order valence-corrected chi connectivity index (χ4v) is 2.95. The number of rotatable bonds is 4. The van der Waals surface area contributed by atoms with E-state index in [2.05, 4.69) is 16.3 Å². The van der Waals surface area contributed by atoms with Crippen LogP contribution in [0.25, 0.3) is 0 Å². The van der Waals surface area contributed by atoms with Gasteiger partial charge in [-0.05, 0) is 25.5 Å². The highest BCUT2D eigenvalue weighted by molar-refractivity contribution is 5.78. The third kappa shape index (κ3) is 4.31. The summed E-state index contributed by atoms with van der Waals surface area (Å²) in [6, 6.07) is 11.9. The number of benzene rings is 1. The monoisotopic (exact) mass is 325 g/mol. The first-order valence-corrected chi connectivity index (χ1v) is 8.40. The number of ether oxygens (including phenoxy) is 1. The SMILES string of the molecule is Cc1cccc(CC(=O)N2CCC(Oc3ccc(C)nn3)CC2)c1. The molecule has 1 aliphatic heterocycles. The number of hydrogen-bond donors (Lipinski definition) is 0. The number of amides is 1. The van der Waals surface area contributed by atoms with Gasteiger partial charge < -0.3 is 9.64 Å². The summed E-state index contributed by atoms with van der Waals surface area (Å²) in [5, 5.41) is 8.04. The predicted molar refractivity (Wildman–Crippen MR) is 91.9 cm³/mol. The lowest BCUT2D eigenvalue weighted by Crippen LogP contribution is -2.42. The van der Waals surface area contributed by atoms with Crippen LogP contribution in [0, 0.1) is 13.8 Å². The normalized spacial score (nSPS) is 15.3. The van der Waals surface area contributed by atoms with E-state index in [1.807, 2.05) is 49.1 Å². The molecule has 126 valence electrons. The predicted octanol–water partition coefficient (Wildman–Crippen LogP) is 2.71.